The number of nitroso groups, excluding NO2 is 1. The number of alkyl halides is 2. The van der Waals surface area contributed by atoms with Gasteiger partial charge in [-0.15, -0.1) is 11.6 Å². The Labute approximate surface area is 64.7 Å². The van der Waals surface area contributed by atoms with E-state index in [0.29, 0.717) is 0 Å². The molecule has 0 aromatic heterocycles. The molecule has 0 amide bonds. The van der Waals surface area contributed by atoms with Crippen molar-refractivity contribution in [3.63, 3.8) is 0 Å². The van der Waals surface area contributed by atoms with Crippen LogP contribution in [-0.4, -0.2) is 18.6 Å². The van der Waals surface area contributed by atoms with Crippen LogP contribution in [0.5, 0.6) is 0 Å². The van der Waals surface area contributed by atoms with Gasteiger partial charge < -0.3 is 0 Å². The Bertz CT molecular complexity index is 118. The molecule has 0 rings (SSSR count). The minimum absolute atomic E-state index is 0.243. The maximum atomic E-state index is 12.0. The molecule has 10 heavy (non-hydrogen) atoms. The molecule has 0 bridgehead atoms. The zero-order valence-electron chi connectivity index (χ0n) is 6.10. The standard InChI is InChI=1S/C6H11ClFNO/c1-6(2,4-7)5(3-8)9-10/h5H,3-4H2,1-2H3. The first-order valence-corrected chi connectivity index (χ1v) is 3.56. The molecule has 0 aliphatic heterocycles. The highest BCUT2D eigenvalue weighted by atomic mass is 35.5. The zero-order valence-corrected chi connectivity index (χ0v) is 6.86. The fraction of sp³-hybridized carbons (Fsp3) is 1.00. The topological polar surface area (TPSA) is 29.4 Å². The summed E-state index contributed by atoms with van der Waals surface area (Å²) in [5.41, 5.74) is -0.530. The molecule has 0 aliphatic carbocycles. The van der Waals surface area contributed by atoms with Crippen LogP contribution in [0.4, 0.5) is 4.39 Å². The molecular formula is C6H11ClFNO. The lowest BCUT2D eigenvalue weighted by Crippen LogP contribution is -2.30. The van der Waals surface area contributed by atoms with Crippen molar-refractivity contribution >= 4 is 11.6 Å². The van der Waals surface area contributed by atoms with Gasteiger partial charge in [0.1, 0.15) is 12.7 Å². The van der Waals surface area contributed by atoms with Gasteiger partial charge in [0.15, 0.2) is 0 Å². The second-order valence-corrected chi connectivity index (χ2v) is 3.16. The van der Waals surface area contributed by atoms with Crippen molar-refractivity contribution in [2.75, 3.05) is 12.6 Å². The number of halogens is 2. The van der Waals surface area contributed by atoms with E-state index in [-0.39, 0.29) is 5.88 Å². The highest BCUT2D eigenvalue weighted by Gasteiger charge is 2.29. The zero-order chi connectivity index (χ0) is 8.20. The Balaban J connectivity index is 4.10. The monoisotopic (exact) mass is 167 g/mol. The molecular weight excluding hydrogens is 157 g/mol. The summed E-state index contributed by atoms with van der Waals surface area (Å²) >= 11 is 5.48. The van der Waals surface area contributed by atoms with E-state index in [9.17, 15) is 9.30 Å². The van der Waals surface area contributed by atoms with E-state index in [4.69, 9.17) is 11.6 Å². The van der Waals surface area contributed by atoms with Crippen molar-refractivity contribution in [2.24, 2.45) is 10.6 Å². The molecule has 0 aromatic rings. The number of nitrogens with zero attached hydrogens (tertiary/aromatic N) is 1. The maximum absolute atomic E-state index is 12.0. The molecule has 1 unspecified atom stereocenters. The Morgan fingerprint density at radius 1 is 1.70 bits per heavy atom. The van der Waals surface area contributed by atoms with Gasteiger partial charge in [-0.25, -0.2) is 4.39 Å². The maximum Gasteiger partial charge on any atom is 0.126 e. The van der Waals surface area contributed by atoms with Crippen molar-refractivity contribution in [2.45, 2.75) is 19.9 Å². The quantitative estimate of drug-likeness (QED) is 0.467. The molecule has 0 saturated heterocycles. The lowest BCUT2D eigenvalue weighted by atomic mass is 9.88. The van der Waals surface area contributed by atoms with E-state index in [1.165, 1.54) is 0 Å². The molecule has 4 heteroatoms. The molecule has 0 N–H and O–H groups in total. The minimum atomic E-state index is -0.815. The van der Waals surface area contributed by atoms with E-state index in [1.807, 2.05) is 0 Å². The van der Waals surface area contributed by atoms with Gasteiger partial charge in [-0.05, 0) is 0 Å². The first-order valence-electron chi connectivity index (χ1n) is 3.03. The average molecular weight is 168 g/mol. The Kier molecular flexibility index (Phi) is 3.79. The largest absolute Gasteiger partial charge is 0.249 e. The Hall–Kier alpha value is -0.180. The smallest absolute Gasteiger partial charge is 0.126 e. The van der Waals surface area contributed by atoms with Crippen LogP contribution in [0.1, 0.15) is 13.8 Å². The fourth-order valence-corrected chi connectivity index (χ4v) is 0.647. The van der Waals surface area contributed by atoms with Gasteiger partial charge in [0, 0.05) is 11.3 Å². The summed E-state index contributed by atoms with van der Waals surface area (Å²) in [7, 11) is 0. The first kappa shape index (κ1) is 9.82. The first-order chi connectivity index (χ1) is 4.58. The fourth-order valence-electron chi connectivity index (χ4n) is 0.469. The van der Waals surface area contributed by atoms with Gasteiger partial charge in [-0.3, -0.25) is 0 Å². The molecule has 60 valence electrons. The van der Waals surface area contributed by atoms with Gasteiger partial charge in [-0.1, -0.05) is 19.0 Å². The Morgan fingerprint density at radius 2 is 2.20 bits per heavy atom. The van der Waals surface area contributed by atoms with Crippen LogP contribution < -0.4 is 0 Å². The second kappa shape index (κ2) is 3.86. The van der Waals surface area contributed by atoms with Crippen LogP contribution in [0.15, 0.2) is 5.18 Å². The molecule has 0 radical (unpaired) electrons. The van der Waals surface area contributed by atoms with E-state index < -0.39 is 18.1 Å². The molecule has 0 spiro atoms. The summed E-state index contributed by atoms with van der Waals surface area (Å²) in [6, 6.07) is -0.815. The van der Waals surface area contributed by atoms with E-state index in [1.54, 1.807) is 13.8 Å². The molecule has 0 heterocycles. The summed E-state index contributed by atoms with van der Waals surface area (Å²) in [6.07, 6.45) is 0. The summed E-state index contributed by atoms with van der Waals surface area (Å²) in [4.78, 5) is 9.99. The van der Waals surface area contributed by atoms with Gasteiger partial charge in [-0.2, -0.15) is 4.91 Å². The molecule has 2 nitrogen and oxygen atoms in total. The van der Waals surface area contributed by atoms with Gasteiger partial charge in [0.2, 0.25) is 0 Å². The number of hydrogen-bond donors (Lipinski definition) is 0. The third kappa shape index (κ3) is 2.21. The summed E-state index contributed by atoms with van der Waals surface area (Å²) in [6.45, 7) is 2.69. The van der Waals surface area contributed by atoms with Crippen molar-refractivity contribution in [1.29, 1.82) is 0 Å². The third-order valence-electron chi connectivity index (χ3n) is 1.52. The molecule has 0 aromatic carbocycles. The summed E-state index contributed by atoms with van der Waals surface area (Å²) < 4.78 is 12.0. The third-order valence-corrected chi connectivity index (χ3v) is 2.21. The highest BCUT2D eigenvalue weighted by molar-refractivity contribution is 6.18. The summed E-state index contributed by atoms with van der Waals surface area (Å²) in [5, 5.41) is 2.64. The lowest BCUT2D eigenvalue weighted by molar-refractivity contribution is 0.268. The second-order valence-electron chi connectivity index (χ2n) is 2.90. The average Bonchev–Trinajstić information content (AvgIpc) is 1.90. The number of hydrogen-bond acceptors (Lipinski definition) is 2. The normalized spacial score (nSPS) is 14.8. The number of rotatable bonds is 4. The molecule has 0 aliphatic rings. The van der Waals surface area contributed by atoms with E-state index in [0.717, 1.165) is 0 Å². The highest BCUT2D eigenvalue weighted by Crippen LogP contribution is 2.24. The predicted octanol–water partition coefficient (Wildman–Crippen LogP) is 2.36. The summed E-state index contributed by atoms with van der Waals surface area (Å²) in [5.74, 6) is 0.243. The SMILES string of the molecule is CC(C)(CCl)C(CF)N=O. The van der Waals surface area contributed by atoms with Crippen LogP contribution in [0.25, 0.3) is 0 Å². The van der Waals surface area contributed by atoms with Crippen molar-refractivity contribution in [3.05, 3.63) is 4.91 Å². The molecule has 0 saturated carbocycles. The van der Waals surface area contributed by atoms with Gasteiger partial charge >= 0.3 is 0 Å². The van der Waals surface area contributed by atoms with Crippen LogP contribution in [0.2, 0.25) is 0 Å². The molecule has 0 fully saturated rings. The van der Waals surface area contributed by atoms with Crippen LogP contribution in [-0.2, 0) is 0 Å². The Morgan fingerprint density at radius 3 is 2.30 bits per heavy atom. The van der Waals surface area contributed by atoms with Gasteiger partial charge in [0.05, 0.1) is 0 Å². The van der Waals surface area contributed by atoms with E-state index in [2.05, 4.69) is 5.18 Å². The van der Waals surface area contributed by atoms with E-state index >= 15 is 0 Å². The van der Waals surface area contributed by atoms with Crippen LogP contribution >= 0.6 is 11.6 Å². The predicted molar refractivity (Wildman–Crippen MR) is 40.1 cm³/mol. The van der Waals surface area contributed by atoms with Crippen molar-refractivity contribution < 1.29 is 4.39 Å². The van der Waals surface area contributed by atoms with Crippen molar-refractivity contribution in [1.82, 2.24) is 0 Å². The van der Waals surface area contributed by atoms with Gasteiger partial charge in [0.25, 0.3) is 0 Å². The lowest BCUT2D eigenvalue weighted by Gasteiger charge is -2.23. The van der Waals surface area contributed by atoms with Crippen LogP contribution in [0.3, 0.4) is 0 Å². The molecule has 1 atom stereocenters. The minimum Gasteiger partial charge on any atom is -0.249 e. The van der Waals surface area contributed by atoms with Crippen molar-refractivity contribution in [3.8, 4) is 0 Å². The van der Waals surface area contributed by atoms with Crippen LogP contribution in [0, 0.1) is 10.3 Å².